The van der Waals surface area contributed by atoms with E-state index in [2.05, 4.69) is 13.8 Å². The molecule has 0 fully saturated rings. The van der Waals surface area contributed by atoms with E-state index in [0.29, 0.717) is 18.4 Å². The molecule has 0 bridgehead atoms. The molecule has 0 aromatic rings. The third-order valence-corrected chi connectivity index (χ3v) is 5.71. The first-order chi connectivity index (χ1) is 5.83. The fraction of sp³-hybridized carbons (Fsp3) is 1.00. The van der Waals surface area contributed by atoms with Gasteiger partial charge in [0.2, 0.25) is 0 Å². The summed E-state index contributed by atoms with van der Waals surface area (Å²) in [5.41, 5.74) is -2.80. The zero-order valence-electron chi connectivity index (χ0n) is 9.65. The first-order valence-corrected chi connectivity index (χ1v) is 8.66. The molecule has 0 saturated carbocycles. The fourth-order valence-electron chi connectivity index (χ4n) is 0.518. The van der Waals surface area contributed by atoms with E-state index in [1.54, 1.807) is 0 Å². The molecule has 80 valence electrons. The number of hydrogen-bond donors (Lipinski definition) is 0. The molecule has 6 heteroatoms. The Morgan fingerprint density at radius 3 is 2.14 bits per heavy atom. The maximum atomic E-state index is 11.6. The SMILES string of the molecule is CC(C)COP([O-])(=S)SCC(C)C.[Li+]. The second kappa shape index (κ2) is 8.64. The zero-order chi connectivity index (χ0) is 10.5. The van der Waals surface area contributed by atoms with E-state index >= 15 is 0 Å². The van der Waals surface area contributed by atoms with E-state index in [1.165, 1.54) is 11.4 Å². The van der Waals surface area contributed by atoms with Gasteiger partial charge in [0.1, 0.15) is 0 Å². The molecule has 0 saturated heterocycles. The molecular formula is C8H18LiO2PS2. The molecular weight excluding hydrogens is 230 g/mol. The van der Waals surface area contributed by atoms with Crippen LogP contribution in [0.15, 0.2) is 0 Å². The van der Waals surface area contributed by atoms with Gasteiger partial charge in [-0.1, -0.05) is 39.5 Å². The third kappa shape index (κ3) is 11.6. The van der Waals surface area contributed by atoms with Crippen molar-refractivity contribution in [3.63, 3.8) is 0 Å². The molecule has 1 atom stereocenters. The molecule has 0 aliphatic carbocycles. The van der Waals surface area contributed by atoms with Crippen LogP contribution in [0.3, 0.4) is 0 Å². The van der Waals surface area contributed by atoms with Crippen LogP contribution < -0.4 is 23.8 Å². The van der Waals surface area contributed by atoms with Crippen molar-refractivity contribution >= 4 is 28.9 Å². The molecule has 0 rings (SSSR count). The van der Waals surface area contributed by atoms with Gasteiger partial charge >= 0.3 is 18.9 Å². The van der Waals surface area contributed by atoms with Crippen molar-refractivity contribution < 1.29 is 28.3 Å². The molecule has 0 radical (unpaired) electrons. The monoisotopic (exact) mass is 248 g/mol. The minimum absolute atomic E-state index is 0. The Kier molecular flexibility index (Phi) is 11.1. The van der Waals surface area contributed by atoms with Crippen LogP contribution in [0.5, 0.6) is 0 Å². The van der Waals surface area contributed by atoms with Crippen LogP contribution in [0.2, 0.25) is 0 Å². The molecule has 2 nitrogen and oxygen atoms in total. The van der Waals surface area contributed by atoms with Crippen LogP contribution in [0.25, 0.3) is 0 Å². The summed E-state index contributed by atoms with van der Waals surface area (Å²) >= 11 is 6.15. The van der Waals surface area contributed by atoms with Gasteiger partial charge in [-0.3, -0.25) is 0 Å². The summed E-state index contributed by atoms with van der Waals surface area (Å²) in [5, 5.41) is 0. The minimum Gasteiger partial charge on any atom is -0.793 e. The smallest absolute Gasteiger partial charge is 0.793 e. The molecule has 14 heavy (non-hydrogen) atoms. The molecule has 0 heterocycles. The predicted octanol–water partition coefficient (Wildman–Crippen LogP) is -0.363. The van der Waals surface area contributed by atoms with Crippen molar-refractivity contribution in [2.45, 2.75) is 27.7 Å². The third-order valence-electron chi connectivity index (χ3n) is 1.13. The van der Waals surface area contributed by atoms with Crippen molar-refractivity contribution in [3.8, 4) is 0 Å². The molecule has 0 aromatic carbocycles. The molecule has 1 unspecified atom stereocenters. The van der Waals surface area contributed by atoms with Crippen LogP contribution in [0.1, 0.15) is 27.7 Å². The quantitative estimate of drug-likeness (QED) is 0.474. The fourth-order valence-corrected chi connectivity index (χ4v) is 4.13. The van der Waals surface area contributed by atoms with Gasteiger partial charge in [0.05, 0.1) is 6.61 Å². The van der Waals surface area contributed by atoms with Gasteiger partial charge in [-0.05, 0) is 11.8 Å². The largest absolute Gasteiger partial charge is 1.00 e. The van der Waals surface area contributed by atoms with Gasteiger partial charge in [-0.25, -0.2) is 0 Å². The Hall–Kier alpha value is 1.52. The van der Waals surface area contributed by atoms with Crippen LogP contribution in [-0.4, -0.2) is 12.4 Å². The molecule has 0 amide bonds. The molecule has 0 aliphatic heterocycles. The maximum Gasteiger partial charge on any atom is 1.00 e. The normalized spacial score (nSPS) is 15.4. The predicted molar refractivity (Wildman–Crippen MR) is 62.4 cm³/mol. The van der Waals surface area contributed by atoms with E-state index in [0.717, 1.165) is 5.75 Å². The van der Waals surface area contributed by atoms with Gasteiger partial charge < -0.3 is 9.42 Å². The summed E-state index contributed by atoms with van der Waals surface area (Å²) in [5.74, 6) is 1.69. The van der Waals surface area contributed by atoms with Crippen LogP contribution in [0.4, 0.5) is 0 Å². The molecule has 0 N–H and O–H groups in total. The summed E-state index contributed by atoms with van der Waals surface area (Å²) in [6.45, 7) is 8.67. The first kappa shape index (κ1) is 17.9. The zero-order valence-corrected chi connectivity index (χ0v) is 12.2. The van der Waals surface area contributed by atoms with Crippen molar-refractivity contribution in [2.75, 3.05) is 12.4 Å². The van der Waals surface area contributed by atoms with Gasteiger partial charge in [0.25, 0.3) is 0 Å². The Morgan fingerprint density at radius 1 is 1.29 bits per heavy atom. The Morgan fingerprint density at radius 2 is 1.79 bits per heavy atom. The van der Waals surface area contributed by atoms with E-state index in [-0.39, 0.29) is 18.9 Å². The van der Waals surface area contributed by atoms with Gasteiger partial charge in [-0.15, -0.1) is 11.4 Å². The number of rotatable bonds is 6. The van der Waals surface area contributed by atoms with Crippen LogP contribution >= 0.6 is 17.1 Å². The standard InChI is InChI=1S/C8H19O2PS2.Li/c1-7(2)5-10-11(9,12)13-6-8(3)4;/h7-8H,5-6H2,1-4H3,(H,9,12);/q;+1/p-1. The van der Waals surface area contributed by atoms with E-state index in [9.17, 15) is 4.89 Å². The van der Waals surface area contributed by atoms with Crippen molar-refractivity contribution in [3.05, 3.63) is 0 Å². The average Bonchev–Trinajstić information content (AvgIpc) is 1.98. The van der Waals surface area contributed by atoms with Crippen LogP contribution in [0, 0.1) is 11.8 Å². The summed E-state index contributed by atoms with van der Waals surface area (Å²) < 4.78 is 5.17. The van der Waals surface area contributed by atoms with Gasteiger partial charge in [-0.2, -0.15) is 0 Å². The Balaban J connectivity index is 0. The Labute approximate surface area is 109 Å². The Bertz CT molecular complexity index is 172. The first-order valence-electron chi connectivity index (χ1n) is 4.43. The van der Waals surface area contributed by atoms with Crippen molar-refractivity contribution in [1.82, 2.24) is 0 Å². The van der Waals surface area contributed by atoms with Crippen LogP contribution in [-0.2, 0) is 16.3 Å². The van der Waals surface area contributed by atoms with Crippen molar-refractivity contribution in [1.29, 1.82) is 0 Å². The van der Waals surface area contributed by atoms with E-state index in [1.807, 2.05) is 13.8 Å². The summed E-state index contributed by atoms with van der Waals surface area (Å²) in [6, 6.07) is 0. The van der Waals surface area contributed by atoms with E-state index < -0.39 is 5.69 Å². The molecule has 0 aliphatic rings. The summed E-state index contributed by atoms with van der Waals surface area (Å²) in [6.07, 6.45) is 0. The summed E-state index contributed by atoms with van der Waals surface area (Å²) in [4.78, 5) is 11.6. The minimum atomic E-state index is -2.80. The number of hydrogen-bond acceptors (Lipinski definition) is 4. The average molecular weight is 248 g/mol. The topological polar surface area (TPSA) is 32.3 Å². The second-order valence-electron chi connectivity index (χ2n) is 3.83. The van der Waals surface area contributed by atoms with E-state index in [4.69, 9.17) is 16.3 Å². The molecule has 0 spiro atoms. The summed E-state index contributed by atoms with van der Waals surface area (Å²) in [7, 11) is 0. The van der Waals surface area contributed by atoms with Gasteiger partial charge in [0.15, 0.2) is 0 Å². The maximum absolute atomic E-state index is 11.6. The van der Waals surface area contributed by atoms with Crippen molar-refractivity contribution in [2.24, 2.45) is 11.8 Å². The molecule has 0 aromatic heterocycles. The second-order valence-corrected chi connectivity index (χ2v) is 9.92. The van der Waals surface area contributed by atoms with Gasteiger partial charge in [0, 0.05) is 11.4 Å².